The lowest BCUT2D eigenvalue weighted by Crippen LogP contribution is -2.15. The zero-order valence-corrected chi connectivity index (χ0v) is 15.8. The molecule has 3 aromatic rings. The van der Waals surface area contributed by atoms with Gasteiger partial charge in [-0.15, -0.1) is 0 Å². The summed E-state index contributed by atoms with van der Waals surface area (Å²) < 4.78 is 5.96. The summed E-state index contributed by atoms with van der Waals surface area (Å²) in [6.45, 7) is 0.309. The van der Waals surface area contributed by atoms with Gasteiger partial charge in [0.15, 0.2) is 5.84 Å². The molecule has 27 heavy (non-hydrogen) atoms. The molecule has 4 N–H and O–H groups in total. The van der Waals surface area contributed by atoms with Gasteiger partial charge in [-0.05, 0) is 27.1 Å². The van der Waals surface area contributed by atoms with Crippen LogP contribution in [-0.2, 0) is 13.0 Å². The molecule has 0 spiro atoms. The lowest BCUT2D eigenvalue weighted by atomic mass is 10.1. The molecule has 8 heteroatoms. The fraction of sp³-hybridized carbons (Fsp3) is 0.105. The van der Waals surface area contributed by atoms with Gasteiger partial charge in [0.1, 0.15) is 16.9 Å². The van der Waals surface area contributed by atoms with Crippen LogP contribution in [0.3, 0.4) is 0 Å². The van der Waals surface area contributed by atoms with Crippen molar-refractivity contribution in [3.8, 4) is 5.88 Å². The molecule has 1 heterocycles. The molecule has 1 aromatic heterocycles. The number of halogens is 1. The van der Waals surface area contributed by atoms with Crippen LogP contribution in [0.15, 0.2) is 69.0 Å². The van der Waals surface area contributed by atoms with Gasteiger partial charge in [0, 0.05) is 12.0 Å². The number of rotatable bonds is 6. The minimum Gasteiger partial charge on any atom is -0.472 e. The minimum atomic E-state index is -0.309. The van der Waals surface area contributed by atoms with Crippen molar-refractivity contribution in [2.75, 3.05) is 0 Å². The average Bonchev–Trinajstić information content (AvgIpc) is 2.70. The molecule has 0 atom stereocenters. The highest BCUT2D eigenvalue weighted by atomic mass is 79.9. The van der Waals surface area contributed by atoms with Gasteiger partial charge in [-0.1, -0.05) is 59.8 Å². The van der Waals surface area contributed by atoms with Gasteiger partial charge in [0.05, 0.1) is 0 Å². The molecule has 2 aromatic carbocycles. The number of ether oxygens (including phenoxy) is 1. The molecule has 0 bridgehead atoms. The highest BCUT2D eigenvalue weighted by molar-refractivity contribution is 9.10. The molecule has 7 nitrogen and oxygen atoms in total. The largest absolute Gasteiger partial charge is 0.472 e. The van der Waals surface area contributed by atoms with Crippen LogP contribution in [0.2, 0.25) is 0 Å². The lowest BCUT2D eigenvalue weighted by Gasteiger charge is -2.09. The second kappa shape index (κ2) is 8.50. The molecule has 0 saturated heterocycles. The quantitative estimate of drug-likeness (QED) is 0.241. The number of hydrogen-bond acceptors (Lipinski definition) is 5. The minimum absolute atomic E-state index is 0.0355. The first-order valence-corrected chi connectivity index (χ1v) is 8.88. The summed E-state index contributed by atoms with van der Waals surface area (Å²) in [5, 5.41) is 11.7. The number of oxime groups is 1. The van der Waals surface area contributed by atoms with Gasteiger partial charge in [0.25, 0.3) is 5.56 Å². The molecule has 138 valence electrons. The number of amidine groups is 1. The van der Waals surface area contributed by atoms with Crippen LogP contribution in [0.25, 0.3) is 0 Å². The van der Waals surface area contributed by atoms with Gasteiger partial charge in [0.2, 0.25) is 5.88 Å². The summed E-state index contributed by atoms with van der Waals surface area (Å²) in [4.78, 5) is 19.3. The molecule has 0 fully saturated rings. The normalized spacial score (nSPS) is 11.4. The number of H-pyrrole nitrogens is 1. The first-order chi connectivity index (χ1) is 13.1. The number of hydrogen-bond donors (Lipinski definition) is 3. The summed E-state index contributed by atoms with van der Waals surface area (Å²) in [5.41, 5.74) is 7.73. The predicted octanol–water partition coefficient (Wildman–Crippen LogP) is 2.80. The summed E-state index contributed by atoms with van der Waals surface area (Å²) in [6.07, 6.45) is 0.403. The Hall–Kier alpha value is -3.13. The van der Waals surface area contributed by atoms with Crippen LogP contribution in [0, 0.1) is 0 Å². The fourth-order valence-corrected chi connectivity index (χ4v) is 2.73. The van der Waals surface area contributed by atoms with Gasteiger partial charge in [-0.3, -0.25) is 4.79 Å². The second-order valence-corrected chi connectivity index (χ2v) is 6.56. The van der Waals surface area contributed by atoms with E-state index >= 15 is 0 Å². The van der Waals surface area contributed by atoms with E-state index in [4.69, 9.17) is 15.7 Å². The third kappa shape index (κ3) is 4.73. The Morgan fingerprint density at radius 2 is 1.85 bits per heavy atom. The fourth-order valence-electron chi connectivity index (χ4n) is 2.43. The van der Waals surface area contributed by atoms with Crippen LogP contribution >= 0.6 is 15.9 Å². The van der Waals surface area contributed by atoms with E-state index in [1.54, 1.807) is 12.1 Å². The molecular weight excluding hydrogens is 412 g/mol. The average molecular weight is 429 g/mol. The molecule has 0 aliphatic heterocycles. The summed E-state index contributed by atoms with van der Waals surface area (Å²) in [5.74, 6) is 0.752. The van der Waals surface area contributed by atoms with Gasteiger partial charge in [-0.2, -0.15) is 4.98 Å². The molecule has 0 amide bonds. The molecule has 0 unspecified atom stereocenters. The molecule has 0 radical (unpaired) electrons. The topological polar surface area (TPSA) is 114 Å². The first kappa shape index (κ1) is 18.7. The van der Waals surface area contributed by atoms with Crippen molar-refractivity contribution >= 4 is 21.8 Å². The maximum atomic E-state index is 12.2. The zero-order valence-electron chi connectivity index (χ0n) is 14.2. The highest BCUT2D eigenvalue weighted by Gasteiger charge is 2.11. The van der Waals surface area contributed by atoms with Crippen molar-refractivity contribution in [1.29, 1.82) is 0 Å². The van der Waals surface area contributed by atoms with E-state index in [-0.39, 0.29) is 21.7 Å². The summed E-state index contributed by atoms with van der Waals surface area (Å²) in [7, 11) is 0. The van der Waals surface area contributed by atoms with Crippen molar-refractivity contribution in [1.82, 2.24) is 9.97 Å². The van der Waals surface area contributed by atoms with Crippen LogP contribution in [0.4, 0.5) is 0 Å². The first-order valence-electron chi connectivity index (χ1n) is 8.09. The van der Waals surface area contributed by atoms with E-state index in [0.29, 0.717) is 24.4 Å². The zero-order chi connectivity index (χ0) is 19.2. The van der Waals surface area contributed by atoms with Crippen molar-refractivity contribution in [3.05, 3.63) is 91.9 Å². The Morgan fingerprint density at radius 3 is 2.52 bits per heavy atom. The number of nitrogens with one attached hydrogen (secondary N) is 1. The predicted molar refractivity (Wildman–Crippen MR) is 105 cm³/mol. The maximum Gasteiger partial charge on any atom is 0.269 e. The molecule has 3 rings (SSSR count). The number of nitrogens with zero attached hydrogens (tertiary/aromatic N) is 2. The Labute approximate surface area is 163 Å². The van der Waals surface area contributed by atoms with Crippen molar-refractivity contribution in [2.24, 2.45) is 10.9 Å². The third-order valence-electron chi connectivity index (χ3n) is 3.83. The van der Waals surface area contributed by atoms with E-state index in [0.717, 1.165) is 11.1 Å². The Balaban J connectivity index is 1.78. The summed E-state index contributed by atoms with van der Waals surface area (Å²) in [6, 6.07) is 16.7. The van der Waals surface area contributed by atoms with Crippen LogP contribution in [-0.4, -0.2) is 21.0 Å². The maximum absolute atomic E-state index is 12.2. The molecule has 0 aliphatic rings. The number of aromatic nitrogens is 2. The molecule has 0 saturated carbocycles. The summed E-state index contributed by atoms with van der Waals surface area (Å²) >= 11 is 3.22. The number of nitrogens with two attached hydrogens (primary N) is 1. The lowest BCUT2D eigenvalue weighted by molar-refractivity contribution is 0.289. The van der Waals surface area contributed by atoms with Crippen LogP contribution in [0.1, 0.15) is 22.5 Å². The Morgan fingerprint density at radius 1 is 1.15 bits per heavy atom. The number of aromatic amines is 1. The van der Waals surface area contributed by atoms with Crippen LogP contribution in [0.5, 0.6) is 5.88 Å². The Bertz CT molecular complexity index is 1000. The van der Waals surface area contributed by atoms with Crippen molar-refractivity contribution < 1.29 is 9.94 Å². The van der Waals surface area contributed by atoms with E-state index in [1.807, 2.05) is 42.5 Å². The van der Waals surface area contributed by atoms with E-state index in [2.05, 4.69) is 31.1 Å². The standard InChI is InChI=1S/C19H17BrN4O3/c20-16-18(25)22-15(10-12-6-8-14(9-7-12)17(21)24-26)23-19(16)27-11-13-4-2-1-3-5-13/h1-9,26H,10-11H2,(H2,21,24)(H,22,23,25). The van der Waals surface area contributed by atoms with Crippen molar-refractivity contribution in [2.45, 2.75) is 13.0 Å². The van der Waals surface area contributed by atoms with Crippen LogP contribution < -0.4 is 16.0 Å². The van der Waals surface area contributed by atoms with Gasteiger partial charge in [-0.25, -0.2) is 0 Å². The highest BCUT2D eigenvalue weighted by Crippen LogP contribution is 2.20. The third-order valence-corrected chi connectivity index (χ3v) is 4.53. The smallest absolute Gasteiger partial charge is 0.269 e. The van der Waals surface area contributed by atoms with Gasteiger partial charge < -0.3 is 20.7 Å². The number of benzene rings is 2. The molecule has 0 aliphatic carbocycles. The Kier molecular flexibility index (Phi) is 5.87. The molecular formula is C19H17BrN4O3. The van der Waals surface area contributed by atoms with Gasteiger partial charge >= 0.3 is 0 Å². The van der Waals surface area contributed by atoms with E-state index < -0.39 is 0 Å². The monoisotopic (exact) mass is 428 g/mol. The van der Waals surface area contributed by atoms with Crippen molar-refractivity contribution in [3.63, 3.8) is 0 Å². The van der Waals surface area contributed by atoms with E-state index in [1.165, 1.54) is 0 Å². The van der Waals surface area contributed by atoms with E-state index in [9.17, 15) is 4.79 Å². The SMILES string of the molecule is NC(=NO)c1ccc(Cc2nc(OCc3ccccc3)c(Br)c(=O)[nH]2)cc1. The second-order valence-electron chi connectivity index (χ2n) is 5.76.